The van der Waals surface area contributed by atoms with Gasteiger partial charge in [0.05, 0.1) is 4.47 Å². The molecule has 0 aromatic heterocycles. The number of nitrogens with zero attached hydrogens (tertiary/aromatic N) is 1. The SMILES string of the molecule is CC[C@H](C(=O)NC1CCCC1)N(Cc1ccccc1)C(=O)COc1ccc(Cl)cc1Br. The van der Waals surface area contributed by atoms with Gasteiger partial charge in [0.2, 0.25) is 5.91 Å². The van der Waals surface area contributed by atoms with E-state index in [4.69, 9.17) is 16.3 Å². The third-order valence-electron chi connectivity index (χ3n) is 5.53. The molecule has 7 heteroatoms. The zero-order chi connectivity index (χ0) is 22.2. The van der Waals surface area contributed by atoms with E-state index in [1.165, 1.54) is 0 Å². The first-order chi connectivity index (χ1) is 15.0. The van der Waals surface area contributed by atoms with E-state index in [2.05, 4.69) is 21.2 Å². The minimum atomic E-state index is -0.550. The highest BCUT2D eigenvalue weighted by Crippen LogP contribution is 2.28. The molecular formula is C24H28BrClN2O3. The molecule has 1 N–H and O–H groups in total. The minimum absolute atomic E-state index is 0.0913. The average Bonchev–Trinajstić information content (AvgIpc) is 3.26. The maximum atomic E-state index is 13.2. The number of rotatable bonds is 9. The zero-order valence-corrected chi connectivity index (χ0v) is 20.0. The molecule has 2 aromatic rings. The molecule has 166 valence electrons. The second-order valence-electron chi connectivity index (χ2n) is 7.78. The van der Waals surface area contributed by atoms with Crippen LogP contribution in [0.3, 0.4) is 0 Å². The number of benzene rings is 2. The van der Waals surface area contributed by atoms with E-state index >= 15 is 0 Å². The Balaban J connectivity index is 1.74. The van der Waals surface area contributed by atoms with Gasteiger partial charge in [0.15, 0.2) is 6.61 Å². The van der Waals surface area contributed by atoms with Gasteiger partial charge in [-0.3, -0.25) is 9.59 Å². The monoisotopic (exact) mass is 506 g/mol. The second-order valence-corrected chi connectivity index (χ2v) is 9.08. The summed E-state index contributed by atoms with van der Waals surface area (Å²) in [5.74, 6) is 0.200. The first-order valence-corrected chi connectivity index (χ1v) is 11.9. The number of carbonyl (C=O) groups excluding carboxylic acids is 2. The molecule has 3 rings (SSSR count). The van der Waals surface area contributed by atoms with Crippen molar-refractivity contribution in [3.8, 4) is 5.75 Å². The van der Waals surface area contributed by atoms with Gasteiger partial charge in [-0.15, -0.1) is 0 Å². The molecule has 1 atom stereocenters. The maximum Gasteiger partial charge on any atom is 0.261 e. The fourth-order valence-corrected chi connectivity index (χ4v) is 4.68. The van der Waals surface area contributed by atoms with Crippen LogP contribution in [-0.2, 0) is 16.1 Å². The average molecular weight is 508 g/mol. The van der Waals surface area contributed by atoms with E-state index in [0.717, 1.165) is 31.2 Å². The van der Waals surface area contributed by atoms with E-state index in [0.29, 0.717) is 28.2 Å². The van der Waals surface area contributed by atoms with Crippen LogP contribution in [0.1, 0.15) is 44.6 Å². The lowest BCUT2D eigenvalue weighted by molar-refractivity contribution is -0.143. The van der Waals surface area contributed by atoms with E-state index in [1.807, 2.05) is 37.3 Å². The number of amides is 2. The van der Waals surface area contributed by atoms with Crippen LogP contribution in [0.2, 0.25) is 5.02 Å². The van der Waals surface area contributed by atoms with E-state index in [-0.39, 0.29) is 24.5 Å². The third-order valence-corrected chi connectivity index (χ3v) is 6.38. The van der Waals surface area contributed by atoms with Crippen molar-refractivity contribution in [2.75, 3.05) is 6.61 Å². The quantitative estimate of drug-likeness (QED) is 0.498. The largest absolute Gasteiger partial charge is 0.483 e. The molecule has 1 aliphatic carbocycles. The molecule has 2 aromatic carbocycles. The first kappa shape index (κ1) is 23.6. The summed E-state index contributed by atoms with van der Waals surface area (Å²) in [7, 11) is 0. The highest BCUT2D eigenvalue weighted by Gasteiger charge is 2.30. The third kappa shape index (κ3) is 6.71. The Morgan fingerprint density at radius 2 is 1.90 bits per heavy atom. The van der Waals surface area contributed by atoms with Crippen molar-refractivity contribution >= 4 is 39.3 Å². The molecule has 0 saturated heterocycles. The van der Waals surface area contributed by atoms with Gasteiger partial charge in [-0.25, -0.2) is 0 Å². The lowest BCUT2D eigenvalue weighted by Crippen LogP contribution is -2.52. The molecule has 0 radical (unpaired) electrons. The van der Waals surface area contributed by atoms with Crippen LogP contribution in [0.4, 0.5) is 0 Å². The predicted octanol–water partition coefficient (Wildman–Crippen LogP) is 5.35. The zero-order valence-electron chi connectivity index (χ0n) is 17.7. The van der Waals surface area contributed by atoms with Gasteiger partial charge in [0.25, 0.3) is 5.91 Å². The van der Waals surface area contributed by atoms with Crippen LogP contribution < -0.4 is 10.1 Å². The van der Waals surface area contributed by atoms with Crippen LogP contribution in [0.15, 0.2) is 53.0 Å². The highest BCUT2D eigenvalue weighted by molar-refractivity contribution is 9.10. The molecule has 1 saturated carbocycles. The Hall–Kier alpha value is -2.05. The second kappa shape index (κ2) is 11.5. The van der Waals surface area contributed by atoms with Crippen LogP contribution in [0, 0.1) is 0 Å². The molecule has 0 aliphatic heterocycles. The summed E-state index contributed by atoms with van der Waals surface area (Å²) in [4.78, 5) is 27.9. The smallest absolute Gasteiger partial charge is 0.261 e. The maximum absolute atomic E-state index is 13.2. The molecule has 0 unspecified atom stereocenters. The molecule has 2 amide bonds. The summed E-state index contributed by atoms with van der Waals surface area (Å²) in [5.41, 5.74) is 0.968. The van der Waals surface area contributed by atoms with E-state index < -0.39 is 6.04 Å². The number of hydrogen-bond donors (Lipinski definition) is 1. The minimum Gasteiger partial charge on any atom is -0.483 e. The van der Waals surface area contributed by atoms with Crippen LogP contribution in [-0.4, -0.2) is 35.4 Å². The molecule has 1 fully saturated rings. The number of nitrogens with one attached hydrogen (secondary N) is 1. The molecule has 5 nitrogen and oxygen atoms in total. The van der Waals surface area contributed by atoms with Crippen LogP contribution >= 0.6 is 27.5 Å². The van der Waals surface area contributed by atoms with Crippen molar-refractivity contribution in [1.29, 1.82) is 0 Å². The number of halogens is 2. The number of carbonyl (C=O) groups is 2. The van der Waals surface area contributed by atoms with Crippen molar-refractivity contribution in [1.82, 2.24) is 10.2 Å². The predicted molar refractivity (Wildman–Crippen MR) is 126 cm³/mol. The van der Waals surface area contributed by atoms with Gasteiger partial charge >= 0.3 is 0 Å². The van der Waals surface area contributed by atoms with E-state index in [1.54, 1.807) is 23.1 Å². The first-order valence-electron chi connectivity index (χ1n) is 10.7. The highest BCUT2D eigenvalue weighted by atomic mass is 79.9. The van der Waals surface area contributed by atoms with Crippen LogP contribution in [0.5, 0.6) is 5.75 Å². The van der Waals surface area contributed by atoms with Gasteiger partial charge < -0.3 is 15.0 Å². The Kier molecular flexibility index (Phi) is 8.79. The fraction of sp³-hybridized carbons (Fsp3) is 0.417. The summed E-state index contributed by atoms with van der Waals surface area (Å²) in [5, 5.41) is 3.72. The fourth-order valence-electron chi connectivity index (χ4n) is 3.88. The van der Waals surface area contributed by atoms with Crippen molar-refractivity contribution in [3.63, 3.8) is 0 Å². The standard InChI is InChI=1S/C24H28BrClN2O3/c1-2-21(24(30)27-19-10-6-7-11-19)28(15-17-8-4-3-5-9-17)23(29)16-31-22-13-12-18(26)14-20(22)25/h3-5,8-9,12-14,19,21H,2,6-7,10-11,15-16H2,1H3,(H,27,30)/t21-/m1/s1. The Bertz CT molecular complexity index is 888. The molecule has 0 heterocycles. The van der Waals surface area contributed by atoms with Gasteiger partial charge in [-0.1, -0.05) is 61.7 Å². The Morgan fingerprint density at radius 1 is 1.19 bits per heavy atom. The lowest BCUT2D eigenvalue weighted by Gasteiger charge is -2.31. The van der Waals surface area contributed by atoms with E-state index in [9.17, 15) is 9.59 Å². The summed E-state index contributed by atoms with van der Waals surface area (Å²) in [6, 6.07) is 14.5. The molecule has 1 aliphatic rings. The van der Waals surface area contributed by atoms with Gasteiger partial charge in [-0.05, 0) is 59.0 Å². The van der Waals surface area contributed by atoms with Crippen LogP contribution in [0.25, 0.3) is 0 Å². The number of hydrogen-bond acceptors (Lipinski definition) is 3. The summed E-state index contributed by atoms with van der Waals surface area (Å²) in [6.45, 7) is 2.11. The molecule has 31 heavy (non-hydrogen) atoms. The van der Waals surface area contributed by atoms with Gasteiger partial charge in [0, 0.05) is 17.6 Å². The van der Waals surface area contributed by atoms with Crippen molar-refractivity contribution < 1.29 is 14.3 Å². The van der Waals surface area contributed by atoms with Crippen molar-refractivity contribution in [2.24, 2.45) is 0 Å². The summed E-state index contributed by atoms with van der Waals surface area (Å²) < 4.78 is 6.43. The molecule has 0 spiro atoms. The lowest BCUT2D eigenvalue weighted by atomic mass is 10.1. The topological polar surface area (TPSA) is 58.6 Å². The van der Waals surface area contributed by atoms with Crippen molar-refractivity contribution in [3.05, 3.63) is 63.6 Å². The summed E-state index contributed by atoms with van der Waals surface area (Å²) >= 11 is 9.38. The van der Waals surface area contributed by atoms with Crippen molar-refractivity contribution in [2.45, 2.75) is 57.7 Å². The molecule has 0 bridgehead atoms. The number of ether oxygens (including phenoxy) is 1. The normalized spacial score (nSPS) is 14.8. The Morgan fingerprint density at radius 3 is 2.55 bits per heavy atom. The Labute approximate surface area is 197 Å². The van der Waals surface area contributed by atoms with Gasteiger partial charge in [0.1, 0.15) is 11.8 Å². The summed E-state index contributed by atoms with van der Waals surface area (Å²) in [6.07, 6.45) is 4.81. The van der Waals surface area contributed by atoms with Gasteiger partial charge in [-0.2, -0.15) is 0 Å². The molecular weight excluding hydrogens is 480 g/mol.